The van der Waals surface area contributed by atoms with E-state index in [1.54, 1.807) is 0 Å². The van der Waals surface area contributed by atoms with Crippen molar-refractivity contribution < 1.29 is 17.2 Å². The molecule has 21 heavy (non-hydrogen) atoms. The fourth-order valence-corrected chi connectivity index (χ4v) is 4.30. The van der Waals surface area contributed by atoms with E-state index in [0.29, 0.717) is 12.8 Å². The highest BCUT2D eigenvalue weighted by Crippen LogP contribution is 2.35. The number of hydrogen-bond donors (Lipinski definition) is 2. The third-order valence-corrected chi connectivity index (χ3v) is 5.39. The van der Waals surface area contributed by atoms with Crippen LogP contribution >= 0.6 is 0 Å². The summed E-state index contributed by atoms with van der Waals surface area (Å²) in [5.74, 6) is -2.34. The Balaban J connectivity index is 2.27. The number of anilines is 1. The molecular weight excluding hydrogens is 298 g/mol. The number of sulfonamides is 1. The summed E-state index contributed by atoms with van der Waals surface area (Å²) in [5, 5.41) is 0. The van der Waals surface area contributed by atoms with Crippen LogP contribution in [0.3, 0.4) is 0 Å². The number of benzene rings is 1. The zero-order valence-corrected chi connectivity index (χ0v) is 12.9. The molecule has 118 valence electrons. The van der Waals surface area contributed by atoms with Gasteiger partial charge in [-0.25, -0.2) is 21.9 Å². The SMILES string of the molecule is CC1(C)CCCC(NS(=O)(=O)c2c(F)cc(N)cc2F)C1. The third kappa shape index (κ3) is 3.71. The Bertz CT molecular complexity index is 621. The van der Waals surface area contributed by atoms with Gasteiger partial charge in [0.25, 0.3) is 0 Å². The summed E-state index contributed by atoms with van der Waals surface area (Å²) in [6, 6.07) is 1.31. The van der Waals surface area contributed by atoms with Crippen LogP contribution in [0.2, 0.25) is 0 Å². The monoisotopic (exact) mass is 318 g/mol. The third-order valence-electron chi connectivity index (χ3n) is 3.82. The molecule has 1 unspecified atom stereocenters. The second-order valence-electron chi connectivity index (χ2n) is 6.39. The Labute approximate surface area is 123 Å². The number of hydrogen-bond acceptors (Lipinski definition) is 3. The standard InChI is InChI=1S/C14H20F2N2O2S/c1-14(2)5-3-4-10(8-14)18-21(19,20)13-11(15)6-9(17)7-12(13)16/h6-7,10,18H,3-5,8,17H2,1-2H3. The van der Waals surface area contributed by atoms with Crippen LogP contribution in [0.5, 0.6) is 0 Å². The first kappa shape index (κ1) is 16.2. The maximum atomic E-state index is 13.8. The summed E-state index contributed by atoms with van der Waals surface area (Å²) < 4.78 is 54.4. The Hall–Kier alpha value is -1.21. The first-order valence-corrected chi connectivity index (χ1v) is 8.36. The quantitative estimate of drug-likeness (QED) is 0.842. The number of nitrogens with two attached hydrogens (primary N) is 1. The molecule has 0 aliphatic heterocycles. The van der Waals surface area contributed by atoms with Crippen LogP contribution in [0.25, 0.3) is 0 Å². The van der Waals surface area contributed by atoms with Gasteiger partial charge in [0.05, 0.1) is 0 Å². The van der Waals surface area contributed by atoms with Gasteiger partial charge in [-0.15, -0.1) is 0 Å². The molecule has 0 amide bonds. The zero-order valence-electron chi connectivity index (χ0n) is 12.1. The molecule has 7 heteroatoms. The maximum absolute atomic E-state index is 13.8. The van der Waals surface area contributed by atoms with Crippen molar-refractivity contribution in [3.63, 3.8) is 0 Å². The van der Waals surface area contributed by atoms with Gasteiger partial charge in [0.15, 0.2) is 4.90 Å². The Kier molecular flexibility index (Phi) is 4.26. The summed E-state index contributed by atoms with van der Waals surface area (Å²) in [6.07, 6.45) is 3.20. The number of halogens is 2. The van der Waals surface area contributed by atoms with Crippen LogP contribution in [0.4, 0.5) is 14.5 Å². The fraction of sp³-hybridized carbons (Fsp3) is 0.571. The van der Waals surface area contributed by atoms with Crippen LogP contribution < -0.4 is 10.5 Å². The lowest BCUT2D eigenvalue weighted by Crippen LogP contribution is -2.41. The van der Waals surface area contributed by atoms with Gasteiger partial charge in [-0.3, -0.25) is 0 Å². The van der Waals surface area contributed by atoms with E-state index in [4.69, 9.17) is 5.73 Å². The van der Waals surface area contributed by atoms with E-state index in [9.17, 15) is 17.2 Å². The Morgan fingerprint density at radius 1 is 1.29 bits per heavy atom. The van der Waals surface area contributed by atoms with Crippen molar-refractivity contribution in [3.05, 3.63) is 23.8 Å². The largest absolute Gasteiger partial charge is 0.399 e. The molecule has 1 atom stereocenters. The van der Waals surface area contributed by atoms with E-state index in [2.05, 4.69) is 18.6 Å². The average Bonchev–Trinajstić information content (AvgIpc) is 2.23. The molecular formula is C14H20F2N2O2S. The number of rotatable bonds is 3. The summed E-state index contributed by atoms with van der Waals surface area (Å²) >= 11 is 0. The first-order valence-electron chi connectivity index (χ1n) is 6.88. The summed E-state index contributed by atoms with van der Waals surface area (Å²) in [6.45, 7) is 4.11. The minimum Gasteiger partial charge on any atom is -0.399 e. The summed E-state index contributed by atoms with van der Waals surface area (Å²) in [7, 11) is -4.24. The predicted octanol–water partition coefficient (Wildman–Crippen LogP) is 2.79. The lowest BCUT2D eigenvalue weighted by molar-refractivity contribution is 0.212. The highest BCUT2D eigenvalue weighted by atomic mass is 32.2. The molecule has 0 heterocycles. The van der Waals surface area contributed by atoms with E-state index < -0.39 is 26.6 Å². The Morgan fingerprint density at radius 3 is 2.38 bits per heavy atom. The fourth-order valence-electron chi connectivity index (χ4n) is 2.91. The van der Waals surface area contributed by atoms with Gasteiger partial charge < -0.3 is 5.73 Å². The van der Waals surface area contributed by atoms with Crippen molar-refractivity contribution >= 4 is 15.7 Å². The molecule has 0 spiro atoms. The molecule has 1 saturated carbocycles. The maximum Gasteiger partial charge on any atom is 0.246 e. The van der Waals surface area contributed by atoms with Crippen molar-refractivity contribution in [2.75, 3.05) is 5.73 Å². The van der Waals surface area contributed by atoms with Gasteiger partial charge in [0.1, 0.15) is 11.6 Å². The van der Waals surface area contributed by atoms with E-state index in [0.717, 1.165) is 25.0 Å². The van der Waals surface area contributed by atoms with E-state index in [-0.39, 0.29) is 17.1 Å². The molecule has 0 bridgehead atoms. The van der Waals surface area contributed by atoms with Crippen LogP contribution in [-0.2, 0) is 10.0 Å². The molecule has 0 saturated heterocycles. The van der Waals surface area contributed by atoms with Gasteiger partial charge in [-0.05, 0) is 36.8 Å². The van der Waals surface area contributed by atoms with Gasteiger partial charge in [0, 0.05) is 11.7 Å². The van der Waals surface area contributed by atoms with E-state index in [1.807, 2.05) is 0 Å². The van der Waals surface area contributed by atoms with Crippen LogP contribution in [0, 0.1) is 17.0 Å². The highest BCUT2D eigenvalue weighted by Gasteiger charge is 2.33. The van der Waals surface area contributed by atoms with Crippen LogP contribution in [-0.4, -0.2) is 14.5 Å². The molecule has 1 fully saturated rings. The second-order valence-corrected chi connectivity index (χ2v) is 8.04. The molecule has 4 nitrogen and oxygen atoms in total. The van der Waals surface area contributed by atoms with E-state index in [1.165, 1.54) is 0 Å². The molecule has 2 rings (SSSR count). The number of nitrogen functional groups attached to an aromatic ring is 1. The van der Waals surface area contributed by atoms with Crippen molar-refractivity contribution in [1.29, 1.82) is 0 Å². The number of nitrogens with one attached hydrogen (secondary N) is 1. The molecule has 1 aliphatic carbocycles. The van der Waals surface area contributed by atoms with Gasteiger partial charge in [0.2, 0.25) is 10.0 Å². The molecule has 1 aromatic rings. The zero-order chi connectivity index (χ0) is 15.8. The predicted molar refractivity (Wildman–Crippen MR) is 77.1 cm³/mol. The van der Waals surface area contributed by atoms with Gasteiger partial charge >= 0.3 is 0 Å². The summed E-state index contributed by atoms with van der Waals surface area (Å²) in [5.41, 5.74) is 5.16. The average molecular weight is 318 g/mol. The van der Waals surface area contributed by atoms with Crippen molar-refractivity contribution in [1.82, 2.24) is 4.72 Å². The molecule has 1 aromatic carbocycles. The van der Waals surface area contributed by atoms with Crippen LogP contribution in [0.15, 0.2) is 17.0 Å². The van der Waals surface area contributed by atoms with Gasteiger partial charge in [-0.2, -0.15) is 0 Å². The molecule has 1 aliphatic rings. The van der Waals surface area contributed by atoms with Crippen molar-refractivity contribution in [2.45, 2.75) is 50.5 Å². The van der Waals surface area contributed by atoms with Crippen molar-refractivity contribution in [2.24, 2.45) is 5.41 Å². The van der Waals surface area contributed by atoms with E-state index >= 15 is 0 Å². The van der Waals surface area contributed by atoms with Crippen molar-refractivity contribution in [3.8, 4) is 0 Å². The first-order chi connectivity index (χ1) is 9.61. The lowest BCUT2D eigenvalue weighted by Gasteiger charge is -2.35. The topological polar surface area (TPSA) is 72.2 Å². The molecule has 0 aromatic heterocycles. The minimum atomic E-state index is -4.24. The lowest BCUT2D eigenvalue weighted by atomic mass is 9.75. The van der Waals surface area contributed by atoms with Crippen LogP contribution in [0.1, 0.15) is 39.5 Å². The second kappa shape index (κ2) is 5.53. The molecule has 0 radical (unpaired) electrons. The normalized spacial score (nSPS) is 22.2. The highest BCUT2D eigenvalue weighted by molar-refractivity contribution is 7.89. The smallest absolute Gasteiger partial charge is 0.246 e. The minimum absolute atomic E-state index is 0.0175. The van der Waals surface area contributed by atoms with Gasteiger partial charge in [-0.1, -0.05) is 20.3 Å². The Morgan fingerprint density at radius 2 is 1.86 bits per heavy atom. The molecule has 3 N–H and O–H groups in total. The summed E-state index contributed by atoms with van der Waals surface area (Å²) in [4.78, 5) is -0.958.